The zero-order valence-electron chi connectivity index (χ0n) is 11.6. The maximum Gasteiger partial charge on any atom is 0.0722 e. The number of nitrogens with one attached hydrogen (secondary N) is 1. The molecular formula is C13H26N4. The topological polar surface area (TPSA) is 55.9 Å². The minimum Gasteiger partial charge on any atom is -0.330 e. The Balaban J connectivity index is 2.53. The Morgan fingerprint density at radius 1 is 1.35 bits per heavy atom. The molecule has 1 aromatic heterocycles. The largest absolute Gasteiger partial charge is 0.330 e. The quantitative estimate of drug-likeness (QED) is 0.739. The monoisotopic (exact) mass is 238 g/mol. The van der Waals surface area contributed by atoms with Crippen LogP contribution in [-0.2, 0) is 19.0 Å². The average Bonchev–Trinajstić information content (AvgIpc) is 2.59. The summed E-state index contributed by atoms with van der Waals surface area (Å²) < 4.78 is 1.90. The molecule has 1 aromatic rings. The number of hydrogen-bond acceptors (Lipinski definition) is 3. The number of unbranched alkanes of at least 4 members (excludes halogenated alkanes) is 1. The molecule has 0 saturated carbocycles. The van der Waals surface area contributed by atoms with E-state index in [1.165, 1.54) is 11.3 Å². The second kappa shape index (κ2) is 6.17. The highest BCUT2D eigenvalue weighted by Gasteiger charge is 2.21. The Kier molecular flexibility index (Phi) is 5.15. The highest BCUT2D eigenvalue weighted by Crippen LogP contribution is 2.23. The molecule has 4 nitrogen and oxygen atoms in total. The zero-order valence-corrected chi connectivity index (χ0v) is 11.6. The third kappa shape index (κ3) is 4.48. The lowest BCUT2D eigenvalue weighted by atomic mass is 9.89. The molecule has 3 N–H and O–H groups in total. The summed E-state index contributed by atoms with van der Waals surface area (Å²) in [6, 6.07) is 0. The van der Waals surface area contributed by atoms with E-state index in [0.29, 0.717) is 0 Å². The molecule has 0 atom stereocenters. The molecule has 1 heterocycles. The Morgan fingerprint density at radius 2 is 2.06 bits per heavy atom. The van der Waals surface area contributed by atoms with E-state index in [9.17, 15) is 0 Å². The van der Waals surface area contributed by atoms with E-state index in [1.807, 2.05) is 11.7 Å². The molecule has 0 bridgehead atoms. The molecule has 0 aromatic carbocycles. The van der Waals surface area contributed by atoms with E-state index in [4.69, 9.17) is 5.73 Å². The molecule has 0 radical (unpaired) electrons. The van der Waals surface area contributed by atoms with Gasteiger partial charge in [-0.05, 0) is 25.9 Å². The fourth-order valence-electron chi connectivity index (χ4n) is 1.92. The molecule has 0 amide bonds. The Morgan fingerprint density at radius 3 is 2.65 bits per heavy atom. The summed E-state index contributed by atoms with van der Waals surface area (Å²) in [4.78, 5) is 0. The minimum absolute atomic E-state index is 0.107. The number of nitrogens with zero attached hydrogens (tertiary/aromatic N) is 2. The summed E-state index contributed by atoms with van der Waals surface area (Å²) in [5, 5.41) is 8.01. The number of rotatable bonds is 6. The van der Waals surface area contributed by atoms with Gasteiger partial charge in [-0.2, -0.15) is 5.10 Å². The zero-order chi connectivity index (χ0) is 12.9. The van der Waals surface area contributed by atoms with E-state index >= 15 is 0 Å². The van der Waals surface area contributed by atoms with Crippen LogP contribution in [0.15, 0.2) is 6.20 Å². The normalized spacial score (nSPS) is 12.1. The highest BCUT2D eigenvalue weighted by molar-refractivity contribution is 5.23. The summed E-state index contributed by atoms with van der Waals surface area (Å²) in [5.41, 5.74) is 8.06. The van der Waals surface area contributed by atoms with Gasteiger partial charge in [-0.15, -0.1) is 0 Å². The molecule has 4 heteroatoms. The van der Waals surface area contributed by atoms with Crippen molar-refractivity contribution in [3.05, 3.63) is 17.5 Å². The lowest BCUT2D eigenvalue weighted by molar-refractivity contribution is 0.542. The van der Waals surface area contributed by atoms with Gasteiger partial charge in [-0.25, -0.2) is 0 Å². The third-order valence-electron chi connectivity index (χ3n) is 2.74. The molecule has 0 aliphatic rings. The van der Waals surface area contributed by atoms with Gasteiger partial charge in [0.15, 0.2) is 0 Å². The van der Waals surface area contributed by atoms with Crippen LogP contribution in [0.2, 0.25) is 0 Å². The average molecular weight is 238 g/mol. The number of nitrogens with two attached hydrogens (primary N) is 1. The lowest BCUT2D eigenvalue weighted by Crippen LogP contribution is -2.20. The Labute approximate surface area is 105 Å². The van der Waals surface area contributed by atoms with E-state index in [-0.39, 0.29) is 5.41 Å². The van der Waals surface area contributed by atoms with E-state index < -0.39 is 0 Å². The van der Waals surface area contributed by atoms with Gasteiger partial charge >= 0.3 is 0 Å². The summed E-state index contributed by atoms with van der Waals surface area (Å²) in [6.45, 7) is 9.30. The molecule has 0 spiro atoms. The molecular weight excluding hydrogens is 212 g/mol. The molecule has 0 unspecified atom stereocenters. The standard InChI is InChI=1S/C13H26N4/c1-13(2,3)12-11(10-17(4)16-12)9-15-8-6-5-7-14/h10,15H,5-9,14H2,1-4H3. The van der Waals surface area contributed by atoms with Crippen molar-refractivity contribution >= 4 is 0 Å². The van der Waals surface area contributed by atoms with E-state index in [1.54, 1.807) is 0 Å². The van der Waals surface area contributed by atoms with Crippen molar-refractivity contribution in [1.82, 2.24) is 15.1 Å². The first-order valence-electron chi connectivity index (χ1n) is 6.39. The number of aromatic nitrogens is 2. The fourth-order valence-corrected chi connectivity index (χ4v) is 1.92. The smallest absolute Gasteiger partial charge is 0.0722 e. The molecule has 98 valence electrons. The second-order valence-corrected chi connectivity index (χ2v) is 5.60. The molecule has 0 aliphatic heterocycles. The molecule has 0 fully saturated rings. The van der Waals surface area contributed by atoms with Crippen LogP contribution in [0.3, 0.4) is 0 Å². The summed E-state index contributed by atoms with van der Waals surface area (Å²) >= 11 is 0. The van der Waals surface area contributed by atoms with Gasteiger partial charge in [-0.3, -0.25) is 4.68 Å². The SMILES string of the molecule is Cn1cc(CNCCCCN)c(C(C)(C)C)n1. The molecule has 0 saturated heterocycles. The van der Waals surface area contributed by atoms with Crippen molar-refractivity contribution in [2.45, 2.75) is 45.6 Å². The first-order chi connectivity index (χ1) is 7.95. The van der Waals surface area contributed by atoms with Crippen LogP contribution in [0.4, 0.5) is 0 Å². The maximum atomic E-state index is 5.47. The van der Waals surface area contributed by atoms with Crippen LogP contribution in [0, 0.1) is 0 Å². The maximum absolute atomic E-state index is 5.47. The summed E-state index contributed by atoms with van der Waals surface area (Å²) in [5.74, 6) is 0. The molecule has 1 rings (SSSR count). The van der Waals surface area contributed by atoms with E-state index in [0.717, 1.165) is 32.5 Å². The van der Waals surface area contributed by atoms with Crippen LogP contribution >= 0.6 is 0 Å². The lowest BCUT2D eigenvalue weighted by Gasteiger charge is -2.17. The van der Waals surface area contributed by atoms with Crippen LogP contribution < -0.4 is 11.1 Å². The second-order valence-electron chi connectivity index (χ2n) is 5.60. The first kappa shape index (κ1) is 14.2. The van der Waals surface area contributed by atoms with Crippen molar-refractivity contribution in [1.29, 1.82) is 0 Å². The van der Waals surface area contributed by atoms with E-state index in [2.05, 4.69) is 37.4 Å². The van der Waals surface area contributed by atoms with Crippen molar-refractivity contribution < 1.29 is 0 Å². The molecule has 17 heavy (non-hydrogen) atoms. The highest BCUT2D eigenvalue weighted by atomic mass is 15.3. The van der Waals surface area contributed by atoms with Gasteiger partial charge in [0, 0.05) is 30.8 Å². The van der Waals surface area contributed by atoms with Crippen molar-refractivity contribution in [3.63, 3.8) is 0 Å². The number of hydrogen-bond donors (Lipinski definition) is 2. The Hall–Kier alpha value is -0.870. The minimum atomic E-state index is 0.107. The van der Waals surface area contributed by atoms with Gasteiger partial charge in [-0.1, -0.05) is 20.8 Å². The van der Waals surface area contributed by atoms with Crippen LogP contribution in [0.25, 0.3) is 0 Å². The first-order valence-corrected chi connectivity index (χ1v) is 6.39. The Bertz CT molecular complexity index is 336. The van der Waals surface area contributed by atoms with Crippen LogP contribution in [0.5, 0.6) is 0 Å². The predicted octanol–water partition coefficient (Wildman–Crippen LogP) is 1.55. The van der Waals surface area contributed by atoms with Crippen LogP contribution in [0.1, 0.15) is 44.9 Å². The van der Waals surface area contributed by atoms with Gasteiger partial charge in [0.25, 0.3) is 0 Å². The summed E-state index contributed by atoms with van der Waals surface area (Å²) in [7, 11) is 1.98. The van der Waals surface area contributed by atoms with Gasteiger partial charge in [0.1, 0.15) is 0 Å². The van der Waals surface area contributed by atoms with Gasteiger partial charge < -0.3 is 11.1 Å². The van der Waals surface area contributed by atoms with Crippen molar-refractivity contribution in [2.24, 2.45) is 12.8 Å². The predicted molar refractivity (Wildman–Crippen MR) is 71.9 cm³/mol. The number of aryl methyl sites for hydroxylation is 1. The third-order valence-corrected chi connectivity index (χ3v) is 2.74. The van der Waals surface area contributed by atoms with Crippen molar-refractivity contribution in [3.8, 4) is 0 Å². The van der Waals surface area contributed by atoms with Crippen LogP contribution in [-0.4, -0.2) is 22.9 Å². The fraction of sp³-hybridized carbons (Fsp3) is 0.769. The molecule has 0 aliphatic carbocycles. The van der Waals surface area contributed by atoms with Gasteiger partial charge in [0.05, 0.1) is 5.69 Å². The summed E-state index contributed by atoms with van der Waals surface area (Å²) in [6.07, 6.45) is 4.34. The van der Waals surface area contributed by atoms with Crippen molar-refractivity contribution in [2.75, 3.05) is 13.1 Å². The van der Waals surface area contributed by atoms with Gasteiger partial charge in [0.2, 0.25) is 0 Å².